The molecule has 0 bridgehead atoms. The van der Waals surface area contributed by atoms with E-state index in [0.29, 0.717) is 11.3 Å². The molecule has 0 aromatic heterocycles. The highest BCUT2D eigenvalue weighted by Gasteiger charge is 2.32. The second-order valence-corrected chi connectivity index (χ2v) is 5.00. The minimum Gasteiger partial charge on any atom is -0.508 e. The molecule has 0 aliphatic carbocycles. The van der Waals surface area contributed by atoms with E-state index in [2.05, 4.69) is 0 Å². The zero-order valence-electron chi connectivity index (χ0n) is 11.7. The normalized spacial score (nSPS) is 16.8. The SMILES string of the molecule is COc1cc(O)c2c(c1)O[C@H](c1cc(O)ccc1O)CC2=O. The Balaban J connectivity index is 2.05. The average molecular weight is 302 g/mol. The largest absolute Gasteiger partial charge is 0.508 e. The van der Waals surface area contributed by atoms with Crippen molar-refractivity contribution in [2.24, 2.45) is 0 Å². The lowest BCUT2D eigenvalue weighted by Crippen LogP contribution is -2.20. The van der Waals surface area contributed by atoms with Gasteiger partial charge in [0.05, 0.1) is 13.5 Å². The Hall–Kier alpha value is -2.89. The lowest BCUT2D eigenvalue weighted by molar-refractivity contribution is 0.0841. The van der Waals surface area contributed by atoms with Crippen molar-refractivity contribution in [2.75, 3.05) is 7.11 Å². The number of Topliss-reactive ketones (excluding diaryl/α,β-unsaturated/α-hetero) is 1. The number of carbonyl (C=O) groups is 1. The van der Waals surface area contributed by atoms with E-state index in [9.17, 15) is 20.1 Å². The van der Waals surface area contributed by atoms with Crippen molar-refractivity contribution < 1.29 is 29.6 Å². The fourth-order valence-corrected chi connectivity index (χ4v) is 2.51. The van der Waals surface area contributed by atoms with Gasteiger partial charge in [-0.1, -0.05) is 0 Å². The first kappa shape index (κ1) is 14.1. The van der Waals surface area contributed by atoms with Crippen molar-refractivity contribution in [1.82, 2.24) is 0 Å². The minimum absolute atomic E-state index is 0.0388. The molecule has 0 saturated heterocycles. The van der Waals surface area contributed by atoms with Gasteiger partial charge in [0.2, 0.25) is 0 Å². The Labute approximate surface area is 126 Å². The molecule has 0 spiro atoms. The lowest BCUT2D eigenvalue weighted by Gasteiger charge is -2.26. The topological polar surface area (TPSA) is 96.2 Å². The lowest BCUT2D eigenvalue weighted by atomic mass is 9.95. The summed E-state index contributed by atoms with van der Waals surface area (Å²) in [4.78, 5) is 12.3. The summed E-state index contributed by atoms with van der Waals surface area (Å²) in [6, 6.07) is 6.85. The first-order valence-electron chi connectivity index (χ1n) is 6.62. The molecule has 1 aliphatic rings. The molecule has 1 atom stereocenters. The summed E-state index contributed by atoms with van der Waals surface area (Å²) >= 11 is 0. The first-order chi connectivity index (χ1) is 10.5. The van der Waals surface area contributed by atoms with Crippen molar-refractivity contribution >= 4 is 5.78 Å². The van der Waals surface area contributed by atoms with Crippen molar-refractivity contribution in [3.63, 3.8) is 0 Å². The Morgan fingerprint density at radius 3 is 2.64 bits per heavy atom. The number of phenolic OH excluding ortho intramolecular Hbond substituents is 3. The van der Waals surface area contributed by atoms with Crippen LogP contribution in [0.3, 0.4) is 0 Å². The van der Waals surface area contributed by atoms with Gasteiger partial charge in [0, 0.05) is 17.7 Å². The number of phenols is 3. The standard InChI is InChI=1S/C16H14O6/c1-21-9-5-12(19)16-13(20)7-14(22-15(16)6-9)10-4-8(17)2-3-11(10)18/h2-6,14,17-19H,7H2,1H3/t14-/m0/s1. The van der Waals surface area contributed by atoms with Crippen molar-refractivity contribution in [1.29, 1.82) is 0 Å². The predicted octanol–water partition coefficient (Wildman–Crippen LogP) is 2.52. The second kappa shape index (κ2) is 5.14. The number of methoxy groups -OCH3 is 1. The first-order valence-corrected chi connectivity index (χ1v) is 6.62. The highest BCUT2D eigenvalue weighted by Crippen LogP contribution is 2.43. The van der Waals surface area contributed by atoms with Gasteiger partial charge in [0.25, 0.3) is 0 Å². The molecule has 22 heavy (non-hydrogen) atoms. The van der Waals surface area contributed by atoms with Gasteiger partial charge in [-0.25, -0.2) is 0 Å². The van der Waals surface area contributed by atoms with Crippen molar-refractivity contribution in [3.05, 3.63) is 41.5 Å². The van der Waals surface area contributed by atoms with Crippen LogP contribution in [0.25, 0.3) is 0 Å². The van der Waals surface area contributed by atoms with Crippen LogP contribution in [0.5, 0.6) is 28.7 Å². The highest BCUT2D eigenvalue weighted by atomic mass is 16.5. The quantitative estimate of drug-likeness (QED) is 0.738. The summed E-state index contributed by atoms with van der Waals surface area (Å²) in [5.41, 5.74) is 0.401. The van der Waals surface area contributed by atoms with Gasteiger partial charge in [-0.05, 0) is 18.2 Å². The van der Waals surface area contributed by atoms with Gasteiger partial charge in [0.1, 0.15) is 40.4 Å². The van der Waals surface area contributed by atoms with Crippen LogP contribution in [-0.4, -0.2) is 28.2 Å². The molecule has 0 amide bonds. The molecular weight excluding hydrogens is 288 g/mol. The van der Waals surface area contributed by atoms with E-state index in [1.807, 2.05) is 0 Å². The number of fused-ring (bicyclic) bond motifs is 1. The summed E-state index contributed by atoms with van der Waals surface area (Å²) in [5.74, 6) is -0.105. The third-order valence-electron chi connectivity index (χ3n) is 3.57. The van der Waals surface area contributed by atoms with Gasteiger partial charge < -0.3 is 24.8 Å². The zero-order chi connectivity index (χ0) is 15.9. The average Bonchev–Trinajstić information content (AvgIpc) is 2.48. The van der Waals surface area contributed by atoms with E-state index in [0.717, 1.165) is 0 Å². The van der Waals surface area contributed by atoms with E-state index in [4.69, 9.17) is 9.47 Å². The number of hydrogen-bond donors (Lipinski definition) is 3. The maximum absolute atomic E-state index is 12.3. The Morgan fingerprint density at radius 2 is 1.91 bits per heavy atom. The molecule has 0 radical (unpaired) electrons. The number of rotatable bonds is 2. The Bertz CT molecular complexity index is 753. The molecule has 6 heteroatoms. The fourth-order valence-electron chi connectivity index (χ4n) is 2.51. The molecule has 0 saturated carbocycles. The maximum Gasteiger partial charge on any atom is 0.174 e. The summed E-state index contributed by atoms with van der Waals surface area (Å²) in [7, 11) is 1.43. The van der Waals surface area contributed by atoms with E-state index in [1.165, 1.54) is 37.4 Å². The number of ether oxygens (including phenoxy) is 2. The van der Waals surface area contributed by atoms with Crippen LogP contribution in [0.15, 0.2) is 30.3 Å². The number of ketones is 1. The maximum atomic E-state index is 12.3. The Kier molecular flexibility index (Phi) is 3.29. The van der Waals surface area contributed by atoms with Gasteiger partial charge in [0.15, 0.2) is 5.78 Å². The molecule has 1 heterocycles. The van der Waals surface area contributed by atoms with Gasteiger partial charge in [-0.2, -0.15) is 0 Å². The van der Waals surface area contributed by atoms with Crippen LogP contribution in [0, 0.1) is 0 Å². The van der Waals surface area contributed by atoms with Crippen LogP contribution >= 0.6 is 0 Å². The predicted molar refractivity (Wildman–Crippen MR) is 76.7 cm³/mol. The van der Waals surface area contributed by atoms with Crippen LogP contribution in [0.1, 0.15) is 28.4 Å². The second-order valence-electron chi connectivity index (χ2n) is 5.00. The molecule has 0 unspecified atom stereocenters. The number of benzene rings is 2. The van der Waals surface area contributed by atoms with E-state index >= 15 is 0 Å². The summed E-state index contributed by atoms with van der Waals surface area (Å²) < 4.78 is 10.8. The molecule has 1 aliphatic heterocycles. The third kappa shape index (κ3) is 2.28. The summed E-state index contributed by atoms with van der Waals surface area (Å²) in [6.45, 7) is 0. The molecule has 6 nitrogen and oxygen atoms in total. The zero-order valence-corrected chi connectivity index (χ0v) is 11.7. The van der Waals surface area contributed by atoms with Gasteiger partial charge in [-0.15, -0.1) is 0 Å². The van der Waals surface area contributed by atoms with Crippen LogP contribution in [0.4, 0.5) is 0 Å². The van der Waals surface area contributed by atoms with E-state index in [-0.39, 0.29) is 40.8 Å². The van der Waals surface area contributed by atoms with Gasteiger partial charge >= 0.3 is 0 Å². The highest BCUT2D eigenvalue weighted by molar-refractivity contribution is 6.02. The molecule has 3 N–H and O–H groups in total. The van der Waals surface area contributed by atoms with E-state index < -0.39 is 6.10 Å². The summed E-state index contributed by atoms with van der Waals surface area (Å²) in [5, 5.41) is 29.4. The fraction of sp³-hybridized carbons (Fsp3) is 0.188. The van der Waals surface area contributed by atoms with Gasteiger partial charge in [-0.3, -0.25) is 4.79 Å². The van der Waals surface area contributed by atoms with Crippen LogP contribution in [0.2, 0.25) is 0 Å². The molecular formula is C16H14O6. The molecule has 3 rings (SSSR count). The number of carbonyl (C=O) groups excluding carboxylic acids is 1. The number of hydrogen-bond acceptors (Lipinski definition) is 6. The smallest absolute Gasteiger partial charge is 0.174 e. The molecule has 0 fully saturated rings. The minimum atomic E-state index is -0.751. The van der Waals surface area contributed by atoms with Crippen LogP contribution in [-0.2, 0) is 0 Å². The monoisotopic (exact) mass is 302 g/mol. The Morgan fingerprint density at radius 1 is 1.14 bits per heavy atom. The molecule has 2 aromatic carbocycles. The van der Waals surface area contributed by atoms with Crippen LogP contribution < -0.4 is 9.47 Å². The number of aromatic hydroxyl groups is 3. The summed E-state index contributed by atoms with van der Waals surface area (Å²) in [6.07, 6.45) is -0.803. The molecule has 114 valence electrons. The molecule has 2 aromatic rings. The van der Waals surface area contributed by atoms with E-state index in [1.54, 1.807) is 0 Å². The van der Waals surface area contributed by atoms with Crippen molar-refractivity contribution in [3.8, 4) is 28.7 Å². The van der Waals surface area contributed by atoms with Crippen molar-refractivity contribution in [2.45, 2.75) is 12.5 Å². The third-order valence-corrected chi connectivity index (χ3v) is 3.57.